The van der Waals surface area contributed by atoms with Crippen molar-refractivity contribution < 1.29 is 8.42 Å². The summed E-state index contributed by atoms with van der Waals surface area (Å²) in [4.78, 5) is 0.304. The van der Waals surface area contributed by atoms with Crippen LogP contribution in [0.15, 0.2) is 53.4 Å². The summed E-state index contributed by atoms with van der Waals surface area (Å²) >= 11 is 0. The lowest BCUT2D eigenvalue weighted by atomic mass is 10.0. The van der Waals surface area contributed by atoms with Crippen molar-refractivity contribution in [3.8, 4) is 11.1 Å². The van der Waals surface area contributed by atoms with Crippen molar-refractivity contribution in [1.82, 2.24) is 0 Å². The molecule has 0 saturated carbocycles. The van der Waals surface area contributed by atoms with Gasteiger partial charge in [-0.25, -0.2) is 8.42 Å². The summed E-state index contributed by atoms with van der Waals surface area (Å²) in [6.07, 6.45) is 1.19. The van der Waals surface area contributed by atoms with E-state index in [4.69, 9.17) is 5.73 Å². The molecule has 0 radical (unpaired) electrons. The predicted molar refractivity (Wildman–Crippen MR) is 76.6 cm³/mol. The van der Waals surface area contributed by atoms with Crippen LogP contribution in [0.25, 0.3) is 11.1 Å². The number of para-hydroxylation sites is 1. The fourth-order valence-electron chi connectivity index (χ4n) is 1.65. The molecule has 0 aliphatic rings. The lowest BCUT2D eigenvalue weighted by Crippen LogP contribution is -1.97. The second-order valence-electron chi connectivity index (χ2n) is 3.89. The van der Waals surface area contributed by atoms with Crippen LogP contribution in [-0.4, -0.2) is 14.7 Å². The maximum atomic E-state index is 11.5. The Morgan fingerprint density at radius 3 is 2.28 bits per heavy atom. The van der Waals surface area contributed by atoms with Gasteiger partial charge in [0, 0.05) is 17.5 Å². The van der Waals surface area contributed by atoms with Gasteiger partial charge >= 0.3 is 0 Å². The highest BCUT2D eigenvalue weighted by Gasteiger charge is 2.09. The molecule has 2 aromatic carbocycles. The summed E-state index contributed by atoms with van der Waals surface area (Å²) in [5.41, 5.74) is 8.16. The monoisotopic (exact) mass is 283 g/mol. The van der Waals surface area contributed by atoms with E-state index in [1.165, 1.54) is 6.26 Å². The Hall–Kier alpha value is -1.52. The van der Waals surface area contributed by atoms with Crippen molar-refractivity contribution in [3.63, 3.8) is 0 Å². The number of nitrogens with two attached hydrogens (primary N) is 1. The Kier molecular flexibility index (Phi) is 4.38. The molecule has 3 nitrogen and oxygen atoms in total. The standard InChI is InChI=1S/C13H13NO2S.ClH/c1-17(15,16)11-6-4-5-10(9-11)12-7-2-3-8-13(12)14;/h2-9H,14H2,1H3;1H. The van der Waals surface area contributed by atoms with Crippen LogP contribution in [0.1, 0.15) is 0 Å². The third kappa shape index (κ3) is 3.03. The van der Waals surface area contributed by atoms with Crippen molar-refractivity contribution in [2.45, 2.75) is 4.90 Å². The zero-order valence-electron chi connectivity index (χ0n) is 9.83. The Balaban J connectivity index is 0.00000162. The average Bonchev–Trinajstić information content (AvgIpc) is 2.29. The minimum Gasteiger partial charge on any atom is -0.398 e. The highest BCUT2D eigenvalue weighted by Crippen LogP contribution is 2.27. The number of hydrogen-bond donors (Lipinski definition) is 1. The third-order valence-electron chi connectivity index (χ3n) is 2.53. The van der Waals surface area contributed by atoms with Crippen molar-refractivity contribution >= 4 is 27.9 Å². The largest absolute Gasteiger partial charge is 0.398 e. The van der Waals surface area contributed by atoms with Gasteiger partial charge in [-0.3, -0.25) is 0 Å². The van der Waals surface area contributed by atoms with E-state index >= 15 is 0 Å². The molecule has 0 saturated heterocycles. The van der Waals surface area contributed by atoms with E-state index in [1.807, 2.05) is 24.3 Å². The normalized spacial score (nSPS) is 10.7. The molecule has 0 aromatic heterocycles. The third-order valence-corrected chi connectivity index (χ3v) is 3.64. The molecule has 2 rings (SSSR count). The molecular weight excluding hydrogens is 270 g/mol. The molecule has 0 spiro atoms. The van der Waals surface area contributed by atoms with E-state index in [-0.39, 0.29) is 12.4 Å². The van der Waals surface area contributed by atoms with E-state index in [9.17, 15) is 8.42 Å². The first-order valence-electron chi connectivity index (χ1n) is 5.13. The number of nitrogen functional groups attached to an aromatic ring is 1. The molecule has 2 aromatic rings. The molecule has 0 amide bonds. The molecule has 0 bridgehead atoms. The average molecular weight is 284 g/mol. The molecule has 18 heavy (non-hydrogen) atoms. The molecule has 5 heteroatoms. The van der Waals surface area contributed by atoms with Crippen molar-refractivity contribution in [1.29, 1.82) is 0 Å². The van der Waals surface area contributed by atoms with E-state index in [0.717, 1.165) is 11.1 Å². The molecule has 0 aliphatic heterocycles. The van der Waals surface area contributed by atoms with Crippen molar-refractivity contribution in [2.24, 2.45) is 0 Å². The molecule has 0 atom stereocenters. The summed E-state index contributed by atoms with van der Waals surface area (Å²) in [5.74, 6) is 0. The second kappa shape index (κ2) is 5.42. The van der Waals surface area contributed by atoms with Crippen LogP contribution < -0.4 is 5.73 Å². The van der Waals surface area contributed by atoms with E-state index in [0.29, 0.717) is 10.6 Å². The first-order chi connectivity index (χ1) is 7.98. The Morgan fingerprint density at radius 2 is 1.67 bits per heavy atom. The molecular formula is C13H14ClNO2S. The van der Waals surface area contributed by atoms with Crippen molar-refractivity contribution in [3.05, 3.63) is 48.5 Å². The summed E-state index contributed by atoms with van der Waals surface area (Å²) in [6, 6.07) is 14.2. The van der Waals surface area contributed by atoms with Crippen LogP contribution in [0.5, 0.6) is 0 Å². The molecule has 2 N–H and O–H groups in total. The van der Waals surface area contributed by atoms with Crippen molar-refractivity contribution in [2.75, 3.05) is 12.0 Å². The van der Waals surface area contributed by atoms with Crippen LogP contribution in [0.2, 0.25) is 0 Å². The lowest BCUT2D eigenvalue weighted by Gasteiger charge is -2.06. The highest BCUT2D eigenvalue weighted by atomic mass is 35.5. The minimum absolute atomic E-state index is 0. The molecule has 0 heterocycles. The maximum absolute atomic E-state index is 11.5. The quantitative estimate of drug-likeness (QED) is 0.862. The van der Waals surface area contributed by atoms with E-state index < -0.39 is 9.84 Å². The van der Waals surface area contributed by atoms with Gasteiger partial charge in [0.05, 0.1) is 4.90 Å². The summed E-state index contributed by atoms with van der Waals surface area (Å²) < 4.78 is 22.9. The molecule has 96 valence electrons. The van der Waals surface area contributed by atoms with E-state index in [2.05, 4.69) is 0 Å². The van der Waals surface area contributed by atoms with Crippen LogP contribution in [-0.2, 0) is 9.84 Å². The Morgan fingerprint density at radius 1 is 1.00 bits per heavy atom. The molecule has 0 unspecified atom stereocenters. The highest BCUT2D eigenvalue weighted by molar-refractivity contribution is 7.90. The summed E-state index contributed by atoms with van der Waals surface area (Å²) in [6.45, 7) is 0. The van der Waals surface area contributed by atoms with Gasteiger partial charge in [-0.1, -0.05) is 30.3 Å². The maximum Gasteiger partial charge on any atom is 0.175 e. The topological polar surface area (TPSA) is 60.2 Å². The predicted octanol–water partition coefficient (Wildman–Crippen LogP) is 2.76. The fourth-order valence-corrected chi connectivity index (χ4v) is 2.32. The number of rotatable bonds is 2. The molecule has 0 aliphatic carbocycles. The summed E-state index contributed by atoms with van der Waals surface area (Å²) in [7, 11) is -3.19. The van der Waals surface area contributed by atoms with Gasteiger partial charge < -0.3 is 5.73 Å². The van der Waals surface area contributed by atoms with Crippen LogP contribution >= 0.6 is 12.4 Å². The lowest BCUT2D eigenvalue weighted by molar-refractivity contribution is 0.602. The first-order valence-corrected chi connectivity index (χ1v) is 7.02. The van der Waals surface area contributed by atoms with Gasteiger partial charge in [0.25, 0.3) is 0 Å². The van der Waals surface area contributed by atoms with Crippen LogP contribution in [0.4, 0.5) is 5.69 Å². The second-order valence-corrected chi connectivity index (χ2v) is 5.90. The summed E-state index contributed by atoms with van der Waals surface area (Å²) in [5, 5.41) is 0. The fraction of sp³-hybridized carbons (Fsp3) is 0.0769. The SMILES string of the molecule is CS(=O)(=O)c1cccc(-c2ccccc2N)c1.Cl. The Labute approximate surface area is 113 Å². The number of anilines is 1. The number of sulfone groups is 1. The zero-order valence-corrected chi connectivity index (χ0v) is 11.5. The Bertz CT molecular complexity index is 654. The first kappa shape index (κ1) is 14.5. The number of halogens is 1. The van der Waals surface area contributed by atoms with Gasteiger partial charge in [-0.15, -0.1) is 12.4 Å². The van der Waals surface area contributed by atoms with Crippen LogP contribution in [0, 0.1) is 0 Å². The van der Waals surface area contributed by atoms with E-state index in [1.54, 1.807) is 24.3 Å². The van der Waals surface area contributed by atoms with Gasteiger partial charge in [-0.2, -0.15) is 0 Å². The van der Waals surface area contributed by atoms with Gasteiger partial charge in [0.15, 0.2) is 9.84 Å². The van der Waals surface area contributed by atoms with Gasteiger partial charge in [0.1, 0.15) is 0 Å². The van der Waals surface area contributed by atoms with Gasteiger partial charge in [-0.05, 0) is 23.8 Å². The smallest absolute Gasteiger partial charge is 0.175 e. The number of benzene rings is 2. The molecule has 0 fully saturated rings. The van der Waals surface area contributed by atoms with Crippen LogP contribution in [0.3, 0.4) is 0 Å². The zero-order chi connectivity index (χ0) is 12.5. The number of hydrogen-bond acceptors (Lipinski definition) is 3. The van der Waals surface area contributed by atoms with Gasteiger partial charge in [0.2, 0.25) is 0 Å². The minimum atomic E-state index is -3.19.